The Morgan fingerprint density at radius 2 is 2.11 bits per heavy atom. The summed E-state index contributed by atoms with van der Waals surface area (Å²) < 4.78 is 5.42. The zero-order valence-corrected chi connectivity index (χ0v) is 20.7. The van der Waals surface area contributed by atoms with Crippen LogP contribution in [0.3, 0.4) is 0 Å². The zero-order valence-electron chi connectivity index (χ0n) is 20.7. The number of carbonyl (C=O) groups is 3. The topological polar surface area (TPSA) is 127 Å². The molecule has 0 bridgehead atoms. The fourth-order valence-electron chi connectivity index (χ4n) is 5.08. The molecule has 0 radical (unpaired) electrons. The standard InChI is InChI=1S/C26H33N5O4/c1-26(2,3)16-11-21(24(33)29-17(13-27)10-15-8-9-28-23(15)32)31(14-16)25(34)20-12-18-19(30-20)6-5-7-22(18)35-4/h5-7,12,15-17,21,30H,8-11,14H2,1-4H3,(H,28,32)(H,29,33)/t15-,16+,17-,21?/m0/s1. The van der Waals surface area contributed by atoms with E-state index in [0.717, 1.165) is 10.9 Å². The number of hydrogen-bond donors (Lipinski definition) is 3. The van der Waals surface area contributed by atoms with Crippen LogP contribution in [0.4, 0.5) is 0 Å². The molecular formula is C26H33N5O4. The van der Waals surface area contributed by atoms with E-state index in [2.05, 4.69) is 42.5 Å². The van der Waals surface area contributed by atoms with Crippen molar-refractivity contribution in [2.75, 3.05) is 20.2 Å². The molecule has 0 spiro atoms. The Labute approximate surface area is 205 Å². The third-order valence-corrected chi connectivity index (χ3v) is 7.32. The van der Waals surface area contributed by atoms with Crippen LogP contribution in [0.1, 0.15) is 50.5 Å². The van der Waals surface area contributed by atoms with E-state index in [9.17, 15) is 19.6 Å². The molecule has 2 aromatic rings. The molecule has 3 N–H and O–H groups in total. The molecule has 4 atom stereocenters. The number of hydrogen-bond acceptors (Lipinski definition) is 5. The van der Waals surface area contributed by atoms with Crippen molar-refractivity contribution in [3.05, 3.63) is 30.0 Å². The summed E-state index contributed by atoms with van der Waals surface area (Å²) >= 11 is 0. The highest BCUT2D eigenvalue weighted by Crippen LogP contribution is 2.38. The van der Waals surface area contributed by atoms with Gasteiger partial charge in [0.1, 0.15) is 23.5 Å². The van der Waals surface area contributed by atoms with E-state index in [4.69, 9.17) is 4.74 Å². The first kappa shape index (κ1) is 24.6. The minimum absolute atomic E-state index is 0.0841. The lowest BCUT2D eigenvalue weighted by atomic mass is 9.79. The maximum absolute atomic E-state index is 13.6. The summed E-state index contributed by atoms with van der Waals surface area (Å²) in [5.74, 6) is -0.220. The molecule has 4 rings (SSSR count). The van der Waals surface area contributed by atoms with E-state index in [1.165, 1.54) is 0 Å². The highest BCUT2D eigenvalue weighted by molar-refractivity contribution is 6.01. The largest absolute Gasteiger partial charge is 0.496 e. The maximum atomic E-state index is 13.6. The van der Waals surface area contributed by atoms with Gasteiger partial charge in [0.05, 0.1) is 13.2 Å². The molecule has 186 valence electrons. The molecular weight excluding hydrogens is 446 g/mol. The van der Waals surface area contributed by atoms with E-state index >= 15 is 0 Å². The number of nitrogens with one attached hydrogen (secondary N) is 3. The van der Waals surface area contributed by atoms with Crippen molar-refractivity contribution in [3.63, 3.8) is 0 Å². The van der Waals surface area contributed by atoms with Gasteiger partial charge in [0.25, 0.3) is 5.91 Å². The number of benzene rings is 1. The molecule has 2 aliphatic rings. The Kier molecular flexibility index (Phi) is 6.75. The molecule has 2 saturated heterocycles. The van der Waals surface area contributed by atoms with Gasteiger partial charge in [-0.25, -0.2) is 0 Å². The van der Waals surface area contributed by atoms with Crippen molar-refractivity contribution >= 4 is 28.6 Å². The van der Waals surface area contributed by atoms with Crippen LogP contribution in [-0.4, -0.2) is 59.9 Å². The molecule has 1 unspecified atom stereocenters. The van der Waals surface area contributed by atoms with Crippen molar-refractivity contribution in [2.45, 2.75) is 52.1 Å². The average molecular weight is 480 g/mol. The van der Waals surface area contributed by atoms with Gasteiger partial charge in [0.2, 0.25) is 11.8 Å². The lowest BCUT2D eigenvalue weighted by Crippen LogP contribution is -2.49. The molecule has 3 heterocycles. The highest BCUT2D eigenvalue weighted by Gasteiger charge is 2.44. The van der Waals surface area contributed by atoms with Gasteiger partial charge < -0.3 is 25.3 Å². The van der Waals surface area contributed by atoms with Gasteiger partial charge in [-0.1, -0.05) is 26.8 Å². The summed E-state index contributed by atoms with van der Waals surface area (Å²) in [6.07, 6.45) is 1.42. The number of carbonyl (C=O) groups excluding carboxylic acids is 3. The number of nitrogens with zero attached hydrogens (tertiary/aromatic N) is 2. The molecule has 1 aromatic heterocycles. The molecule has 2 aliphatic heterocycles. The third-order valence-electron chi connectivity index (χ3n) is 7.32. The summed E-state index contributed by atoms with van der Waals surface area (Å²) in [7, 11) is 1.58. The number of rotatable bonds is 6. The molecule has 0 saturated carbocycles. The SMILES string of the molecule is COc1cccc2[nH]c(C(=O)N3C[C@H](C(C)(C)C)CC3C(=O)N[C@H](C#N)C[C@@H]3CCNC3=O)cc12. The van der Waals surface area contributed by atoms with Crippen LogP contribution < -0.4 is 15.4 Å². The van der Waals surface area contributed by atoms with Crippen LogP contribution in [0.2, 0.25) is 0 Å². The molecule has 1 aromatic carbocycles. The number of methoxy groups -OCH3 is 1. The van der Waals surface area contributed by atoms with Crippen LogP contribution in [0, 0.1) is 28.6 Å². The molecule has 9 nitrogen and oxygen atoms in total. The summed E-state index contributed by atoms with van der Waals surface area (Å²) in [5.41, 5.74) is 1.06. The number of ether oxygens (including phenoxy) is 1. The van der Waals surface area contributed by atoms with Gasteiger partial charge in [0, 0.05) is 29.9 Å². The van der Waals surface area contributed by atoms with Gasteiger partial charge in [0.15, 0.2) is 0 Å². The first-order chi connectivity index (χ1) is 16.6. The number of aromatic nitrogens is 1. The molecule has 9 heteroatoms. The Balaban J connectivity index is 1.56. The Morgan fingerprint density at radius 3 is 2.74 bits per heavy atom. The van der Waals surface area contributed by atoms with Gasteiger partial charge >= 0.3 is 0 Å². The van der Waals surface area contributed by atoms with E-state index in [1.54, 1.807) is 18.1 Å². The second kappa shape index (κ2) is 9.61. The number of H-pyrrole nitrogens is 1. The maximum Gasteiger partial charge on any atom is 0.270 e. The summed E-state index contributed by atoms with van der Waals surface area (Å²) in [6, 6.07) is 7.93. The smallest absolute Gasteiger partial charge is 0.270 e. The van der Waals surface area contributed by atoms with Gasteiger partial charge in [-0.3, -0.25) is 14.4 Å². The normalized spacial score (nSPS) is 23.1. The second-order valence-electron chi connectivity index (χ2n) is 10.6. The van der Waals surface area contributed by atoms with Crippen LogP contribution >= 0.6 is 0 Å². The number of amides is 3. The summed E-state index contributed by atoms with van der Waals surface area (Å²) in [4.78, 5) is 43.7. The first-order valence-electron chi connectivity index (χ1n) is 12.1. The fraction of sp³-hybridized carbons (Fsp3) is 0.538. The van der Waals surface area contributed by atoms with E-state index in [-0.39, 0.29) is 41.4 Å². The molecule has 2 fully saturated rings. The summed E-state index contributed by atoms with van der Waals surface area (Å²) in [5, 5.41) is 16.0. The number of fused-ring (bicyclic) bond motifs is 1. The fourth-order valence-corrected chi connectivity index (χ4v) is 5.08. The van der Waals surface area contributed by atoms with Crippen molar-refractivity contribution in [1.82, 2.24) is 20.5 Å². The first-order valence-corrected chi connectivity index (χ1v) is 12.1. The summed E-state index contributed by atoms with van der Waals surface area (Å²) in [6.45, 7) is 7.33. The van der Waals surface area contributed by atoms with Crippen molar-refractivity contribution in [2.24, 2.45) is 17.3 Å². The van der Waals surface area contributed by atoms with Crippen molar-refractivity contribution < 1.29 is 19.1 Å². The molecule has 3 amide bonds. The van der Waals surface area contributed by atoms with Crippen molar-refractivity contribution in [1.29, 1.82) is 5.26 Å². The lowest BCUT2D eigenvalue weighted by Gasteiger charge is -2.26. The number of aromatic amines is 1. The average Bonchev–Trinajstić information content (AvgIpc) is 3.55. The van der Waals surface area contributed by atoms with Crippen molar-refractivity contribution in [3.8, 4) is 11.8 Å². The lowest BCUT2D eigenvalue weighted by molar-refractivity contribution is -0.126. The monoisotopic (exact) mass is 479 g/mol. The second-order valence-corrected chi connectivity index (χ2v) is 10.6. The van der Waals surface area contributed by atoms with Crippen LogP contribution in [0.5, 0.6) is 5.75 Å². The van der Waals surface area contributed by atoms with Crippen LogP contribution in [0.25, 0.3) is 10.9 Å². The van der Waals surface area contributed by atoms with E-state index in [1.807, 2.05) is 18.2 Å². The Hall–Kier alpha value is -3.54. The van der Waals surface area contributed by atoms with E-state index < -0.39 is 12.1 Å². The quantitative estimate of drug-likeness (QED) is 0.587. The predicted molar refractivity (Wildman–Crippen MR) is 131 cm³/mol. The minimum Gasteiger partial charge on any atom is -0.496 e. The van der Waals surface area contributed by atoms with Crippen LogP contribution in [-0.2, 0) is 9.59 Å². The Bertz CT molecular complexity index is 1170. The molecule has 0 aliphatic carbocycles. The highest BCUT2D eigenvalue weighted by atomic mass is 16.5. The minimum atomic E-state index is -0.792. The molecule has 35 heavy (non-hydrogen) atoms. The van der Waals surface area contributed by atoms with Crippen LogP contribution in [0.15, 0.2) is 24.3 Å². The number of likely N-dealkylation sites (tertiary alicyclic amines) is 1. The van der Waals surface area contributed by atoms with Gasteiger partial charge in [-0.15, -0.1) is 0 Å². The van der Waals surface area contributed by atoms with E-state index in [0.29, 0.717) is 37.4 Å². The zero-order chi connectivity index (χ0) is 25.3. The Morgan fingerprint density at radius 1 is 1.34 bits per heavy atom. The number of nitriles is 1. The predicted octanol–water partition coefficient (Wildman–Crippen LogP) is 2.59. The van der Waals surface area contributed by atoms with Gasteiger partial charge in [-0.2, -0.15) is 5.26 Å². The van der Waals surface area contributed by atoms with Gasteiger partial charge in [-0.05, 0) is 48.8 Å². The third kappa shape index (κ3) is 4.97.